The first-order valence-electron chi connectivity index (χ1n) is 5.41. The lowest BCUT2D eigenvalue weighted by atomic mass is 9.89. The third-order valence-corrected chi connectivity index (χ3v) is 2.50. The molecular formula is C11H23NO2. The van der Waals surface area contributed by atoms with Gasteiger partial charge in [-0.25, -0.2) is 0 Å². The van der Waals surface area contributed by atoms with Crippen LogP contribution in [0, 0.1) is 0 Å². The second kappa shape index (κ2) is 5.10. The molecule has 0 aromatic heterocycles. The molecule has 1 rings (SSSR count). The highest BCUT2D eigenvalue weighted by atomic mass is 16.5. The number of methoxy groups -OCH3 is 1. The molecule has 0 unspecified atom stereocenters. The number of hydrogen-bond donors (Lipinski definition) is 1. The fourth-order valence-corrected chi connectivity index (χ4v) is 1.55. The lowest BCUT2D eigenvalue weighted by Gasteiger charge is -2.35. The molecule has 1 saturated carbocycles. The van der Waals surface area contributed by atoms with Gasteiger partial charge in [0, 0.05) is 19.7 Å². The van der Waals surface area contributed by atoms with E-state index in [1.54, 1.807) is 7.11 Å². The zero-order valence-corrected chi connectivity index (χ0v) is 9.80. The Labute approximate surface area is 87.2 Å². The van der Waals surface area contributed by atoms with E-state index in [1.165, 1.54) is 0 Å². The molecule has 3 nitrogen and oxygen atoms in total. The van der Waals surface area contributed by atoms with Gasteiger partial charge >= 0.3 is 0 Å². The highest BCUT2D eigenvalue weighted by Gasteiger charge is 2.28. The van der Waals surface area contributed by atoms with Crippen LogP contribution in [0.1, 0.15) is 33.6 Å². The lowest BCUT2D eigenvalue weighted by molar-refractivity contribution is -0.0112. The minimum atomic E-state index is -0.0175. The first-order chi connectivity index (χ1) is 6.51. The molecule has 3 heteroatoms. The van der Waals surface area contributed by atoms with Crippen molar-refractivity contribution in [1.82, 2.24) is 5.32 Å². The minimum absolute atomic E-state index is 0.0175. The zero-order chi connectivity index (χ0) is 10.6. The summed E-state index contributed by atoms with van der Waals surface area (Å²) in [5.74, 6) is 0. The highest BCUT2D eigenvalue weighted by Crippen LogP contribution is 2.22. The fourth-order valence-electron chi connectivity index (χ4n) is 1.55. The van der Waals surface area contributed by atoms with Crippen molar-refractivity contribution in [3.8, 4) is 0 Å². The quantitative estimate of drug-likeness (QED) is 0.685. The molecular weight excluding hydrogens is 178 g/mol. The van der Waals surface area contributed by atoms with Gasteiger partial charge in [-0.2, -0.15) is 0 Å². The van der Waals surface area contributed by atoms with Crippen LogP contribution in [0.25, 0.3) is 0 Å². The molecule has 0 saturated heterocycles. The van der Waals surface area contributed by atoms with E-state index in [2.05, 4.69) is 26.1 Å². The van der Waals surface area contributed by atoms with Gasteiger partial charge in [-0.15, -0.1) is 0 Å². The first kappa shape index (κ1) is 12.0. The maximum atomic E-state index is 5.61. The van der Waals surface area contributed by atoms with Crippen molar-refractivity contribution in [1.29, 1.82) is 0 Å². The molecule has 84 valence electrons. The summed E-state index contributed by atoms with van der Waals surface area (Å²) < 4.78 is 10.8. The van der Waals surface area contributed by atoms with E-state index in [-0.39, 0.29) is 5.60 Å². The third kappa shape index (κ3) is 4.40. The predicted octanol–water partition coefficient (Wildman–Crippen LogP) is 1.57. The van der Waals surface area contributed by atoms with Gasteiger partial charge in [0.25, 0.3) is 0 Å². The molecule has 0 aliphatic heterocycles. The largest absolute Gasteiger partial charge is 0.381 e. The Bertz CT molecular complexity index is 159. The van der Waals surface area contributed by atoms with Gasteiger partial charge in [0.2, 0.25) is 0 Å². The van der Waals surface area contributed by atoms with Crippen LogP contribution in [0.3, 0.4) is 0 Å². The van der Waals surface area contributed by atoms with Gasteiger partial charge in [-0.05, 0) is 33.6 Å². The van der Waals surface area contributed by atoms with Crippen molar-refractivity contribution in [2.24, 2.45) is 0 Å². The second-order valence-corrected chi connectivity index (χ2v) is 4.94. The molecule has 1 aliphatic rings. The van der Waals surface area contributed by atoms with Crippen LogP contribution in [0.2, 0.25) is 0 Å². The topological polar surface area (TPSA) is 30.5 Å². The highest BCUT2D eigenvalue weighted by molar-refractivity contribution is 4.85. The molecule has 0 heterocycles. The van der Waals surface area contributed by atoms with E-state index in [9.17, 15) is 0 Å². The van der Waals surface area contributed by atoms with Crippen molar-refractivity contribution < 1.29 is 9.47 Å². The molecule has 0 bridgehead atoms. The maximum Gasteiger partial charge on any atom is 0.0601 e. The fraction of sp³-hybridized carbons (Fsp3) is 1.00. The van der Waals surface area contributed by atoms with Crippen LogP contribution in [0.15, 0.2) is 0 Å². The van der Waals surface area contributed by atoms with Gasteiger partial charge < -0.3 is 14.8 Å². The average molecular weight is 201 g/mol. The summed E-state index contributed by atoms with van der Waals surface area (Å²) in [7, 11) is 1.78. The zero-order valence-electron chi connectivity index (χ0n) is 9.80. The second-order valence-electron chi connectivity index (χ2n) is 4.94. The van der Waals surface area contributed by atoms with E-state index in [0.29, 0.717) is 12.1 Å². The molecule has 0 amide bonds. The van der Waals surface area contributed by atoms with Gasteiger partial charge in [-0.1, -0.05) is 0 Å². The van der Waals surface area contributed by atoms with Crippen molar-refractivity contribution in [2.75, 3.05) is 20.3 Å². The third-order valence-electron chi connectivity index (χ3n) is 2.50. The summed E-state index contributed by atoms with van der Waals surface area (Å²) in [5.41, 5.74) is -0.0175. The van der Waals surface area contributed by atoms with Crippen LogP contribution in [-0.4, -0.2) is 38.0 Å². The number of rotatable bonds is 5. The molecule has 0 spiro atoms. The van der Waals surface area contributed by atoms with Gasteiger partial charge in [0.15, 0.2) is 0 Å². The van der Waals surface area contributed by atoms with Crippen LogP contribution in [0.5, 0.6) is 0 Å². The van der Waals surface area contributed by atoms with E-state index < -0.39 is 0 Å². The van der Waals surface area contributed by atoms with Gasteiger partial charge in [-0.3, -0.25) is 0 Å². The molecule has 14 heavy (non-hydrogen) atoms. The minimum Gasteiger partial charge on any atom is -0.381 e. The molecule has 0 aromatic carbocycles. The molecule has 1 fully saturated rings. The number of hydrogen-bond acceptors (Lipinski definition) is 3. The van der Waals surface area contributed by atoms with Crippen LogP contribution >= 0.6 is 0 Å². The molecule has 1 aliphatic carbocycles. The van der Waals surface area contributed by atoms with E-state index >= 15 is 0 Å². The first-order valence-corrected chi connectivity index (χ1v) is 5.41. The van der Waals surface area contributed by atoms with Gasteiger partial charge in [0.05, 0.1) is 18.3 Å². The Morgan fingerprint density at radius 3 is 2.43 bits per heavy atom. The predicted molar refractivity (Wildman–Crippen MR) is 57.5 cm³/mol. The van der Waals surface area contributed by atoms with Crippen molar-refractivity contribution >= 4 is 0 Å². The summed E-state index contributed by atoms with van der Waals surface area (Å²) in [6.07, 6.45) is 2.77. The van der Waals surface area contributed by atoms with Crippen LogP contribution in [0.4, 0.5) is 0 Å². The molecule has 0 radical (unpaired) electrons. The normalized spacial score (nSPS) is 27.4. The van der Waals surface area contributed by atoms with E-state index in [0.717, 1.165) is 26.0 Å². The van der Waals surface area contributed by atoms with E-state index in [1.807, 2.05) is 0 Å². The smallest absolute Gasteiger partial charge is 0.0601 e. The Balaban J connectivity index is 1.91. The molecule has 0 atom stereocenters. The van der Waals surface area contributed by atoms with Gasteiger partial charge in [0.1, 0.15) is 0 Å². The Kier molecular flexibility index (Phi) is 4.35. The Morgan fingerprint density at radius 1 is 1.29 bits per heavy atom. The molecule has 1 N–H and O–H groups in total. The summed E-state index contributed by atoms with van der Waals surface area (Å²) >= 11 is 0. The summed E-state index contributed by atoms with van der Waals surface area (Å²) in [4.78, 5) is 0. The average Bonchev–Trinajstić information content (AvgIpc) is 1.98. The van der Waals surface area contributed by atoms with Crippen LogP contribution in [-0.2, 0) is 9.47 Å². The Hall–Kier alpha value is -0.120. The van der Waals surface area contributed by atoms with Crippen LogP contribution < -0.4 is 5.32 Å². The van der Waals surface area contributed by atoms with Crippen molar-refractivity contribution in [3.63, 3.8) is 0 Å². The standard InChI is InChI=1S/C11H23NO2/c1-11(2,3)14-6-5-12-9-7-10(8-9)13-4/h9-10,12H,5-8H2,1-4H3. The monoisotopic (exact) mass is 201 g/mol. The van der Waals surface area contributed by atoms with Crippen molar-refractivity contribution in [3.05, 3.63) is 0 Å². The van der Waals surface area contributed by atoms with Crippen molar-refractivity contribution in [2.45, 2.75) is 51.4 Å². The lowest BCUT2D eigenvalue weighted by Crippen LogP contribution is -2.46. The van der Waals surface area contributed by atoms with E-state index in [4.69, 9.17) is 9.47 Å². The Morgan fingerprint density at radius 2 is 1.93 bits per heavy atom. The maximum absolute atomic E-state index is 5.61. The summed E-state index contributed by atoms with van der Waals surface area (Å²) in [6, 6.07) is 0.642. The number of nitrogens with one attached hydrogen (secondary N) is 1. The summed E-state index contributed by atoms with van der Waals surface area (Å²) in [5, 5.41) is 3.45. The SMILES string of the molecule is COC1CC(NCCOC(C)(C)C)C1. The summed E-state index contributed by atoms with van der Waals surface area (Å²) in [6.45, 7) is 7.97. The number of ether oxygens (including phenoxy) is 2. The molecule has 0 aromatic rings.